The van der Waals surface area contributed by atoms with E-state index in [2.05, 4.69) is 9.72 Å². The van der Waals surface area contributed by atoms with Gasteiger partial charge in [0, 0.05) is 10.9 Å². The molecule has 24 heavy (non-hydrogen) atoms. The largest absolute Gasteiger partial charge is 0.464 e. The monoisotopic (exact) mass is 350 g/mol. The van der Waals surface area contributed by atoms with E-state index in [0.29, 0.717) is 5.01 Å². The lowest BCUT2D eigenvalue weighted by molar-refractivity contribution is 0.0554. The number of hydrogen-bond donors (Lipinski definition) is 0. The van der Waals surface area contributed by atoms with Crippen LogP contribution in [0.15, 0.2) is 29.6 Å². The zero-order valence-corrected chi connectivity index (χ0v) is 14.8. The quantitative estimate of drug-likeness (QED) is 0.792. The molecule has 128 valence electrons. The number of benzene rings is 1. The molecule has 0 saturated heterocycles. The van der Waals surface area contributed by atoms with E-state index < -0.39 is 23.2 Å². The minimum Gasteiger partial charge on any atom is -0.464 e. The van der Waals surface area contributed by atoms with E-state index in [1.54, 1.807) is 11.4 Å². The van der Waals surface area contributed by atoms with Gasteiger partial charge in [-0.1, -0.05) is 12.1 Å². The van der Waals surface area contributed by atoms with Crippen molar-refractivity contribution >= 4 is 23.2 Å². The van der Waals surface area contributed by atoms with E-state index >= 15 is 0 Å². The van der Waals surface area contributed by atoms with Crippen molar-refractivity contribution in [3.63, 3.8) is 0 Å². The number of carbonyl (C=O) groups excluding carboxylic acids is 2. The first kappa shape index (κ1) is 18.1. The SMILES string of the molecule is COC(=O)c1csc(CN(C(=O)c2ccccc2F)C(C)(C)C)n1. The van der Waals surface area contributed by atoms with Crippen LogP contribution in [-0.4, -0.2) is 34.4 Å². The Kier molecular flexibility index (Phi) is 5.33. The van der Waals surface area contributed by atoms with Gasteiger partial charge in [0.15, 0.2) is 5.69 Å². The number of thiazole rings is 1. The summed E-state index contributed by atoms with van der Waals surface area (Å²) < 4.78 is 18.6. The lowest BCUT2D eigenvalue weighted by Crippen LogP contribution is -2.45. The molecule has 1 amide bonds. The van der Waals surface area contributed by atoms with Crippen LogP contribution in [0.2, 0.25) is 0 Å². The maximum atomic E-state index is 14.0. The van der Waals surface area contributed by atoms with Gasteiger partial charge in [-0.2, -0.15) is 0 Å². The van der Waals surface area contributed by atoms with Crippen molar-refractivity contribution in [2.24, 2.45) is 0 Å². The fraction of sp³-hybridized carbons (Fsp3) is 0.353. The molecule has 0 radical (unpaired) electrons. The third kappa shape index (κ3) is 3.97. The number of esters is 1. The van der Waals surface area contributed by atoms with Crippen LogP contribution >= 0.6 is 11.3 Å². The molecule has 0 aliphatic heterocycles. The van der Waals surface area contributed by atoms with Gasteiger partial charge in [0.1, 0.15) is 10.8 Å². The van der Waals surface area contributed by atoms with Crippen molar-refractivity contribution in [3.8, 4) is 0 Å². The minimum absolute atomic E-state index is 0.0113. The summed E-state index contributed by atoms with van der Waals surface area (Å²) in [7, 11) is 1.28. The molecule has 0 atom stereocenters. The van der Waals surface area contributed by atoms with E-state index in [-0.39, 0.29) is 17.8 Å². The number of hydrogen-bond acceptors (Lipinski definition) is 5. The summed E-state index contributed by atoms with van der Waals surface area (Å²) in [6.45, 7) is 5.76. The van der Waals surface area contributed by atoms with E-state index in [9.17, 15) is 14.0 Å². The topological polar surface area (TPSA) is 59.5 Å². The molecule has 0 N–H and O–H groups in total. The number of methoxy groups -OCH3 is 1. The fourth-order valence-electron chi connectivity index (χ4n) is 2.11. The first-order valence-corrected chi connectivity index (χ1v) is 8.21. The van der Waals surface area contributed by atoms with Gasteiger partial charge in [-0.15, -0.1) is 11.3 Å². The second-order valence-corrected chi connectivity index (χ2v) is 7.10. The third-order valence-electron chi connectivity index (χ3n) is 3.40. The Morgan fingerprint density at radius 2 is 1.96 bits per heavy atom. The smallest absolute Gasteiger partial charge is 0.357 e. The zero-order valence-electron chi connectivity index (χ0n) is 14.0. The van der Waals surface area contributed by atoms with Crippen molar-refractivity contribution in [3.05, 3.63) is 51.7 Å². The summed E-state index contributed by atoms with van der Waals surface area (Å²) in [4.78, 5) is 30.0. The molecular weight excluding hydrogens is 331 g/mol. The van der Waals surface area contributed by atoms with Crippen LogP contribution < -0.4 is 0 Å². The summed E-state index contributed by atoms with van der Waals surface area (Å²) in [6, 6.07) is 5.87. The molecule has 1 aromatic carbocycles. The lowest BCUT2D eigenvalue weighted by Gasteiger charge is -2.35. The van der Waals surface area contributed by atoms with Crippen molar-refractivity contribution < 1.29 is 18.7 Å². The lowest BCUT2D eigenvalue weighted by atomic mass is 10.0. The van der Waals surface area contributed by atoms with Crippen LogP contribution in [0.5, 0.6) is 0 Å². The standard InChI is InChI=1S/C17H19FN2O3S/c1-17(2,3)20(15(21)11-7-5-6-8-12(11)18)9-14-19-13(10-24-14)16(22)23-4/h5-8,10H,9H2,1-4H3. The summed E-state index contributed by atoms with van der Waals surface area (Å²) in [6.07, 6.45) is 0. The first-order chi connectivity index (χ1) is 11.2. The molecule has 0 spiro atoms. The van der Waals surface area contributed by atoms with Crippen LogP contribution in [0, 0.1) is 5.82 Å². The highest BCUT2D eigenvalue weighted by Crippen LogP contribution is 2.23. The third-order valence-corrected chi connectivity index (χ3v) is 4.23. The van der Waals surface area contributed by atoms with Gasteiger partial charge in [-0.05, 0) is 32.9 Å². The first-order valence-electron chi connectivity index (χ1n) is 7.33. The van der Waals surface area contributed by atoms with Crippen LogP contribution in [0.1, 0.15) is 46.6 Å². The van der Waals surface area contributed by atoms with E-state index in [1.165, 1.54) is 41.5 Å². The Morgan fingerprint density at radius 1 is 1.29 bits per heavy atom. The number of carbonyl (C=O) groups is 2. The average molecular weight is 350 g/mol. The molecule has 2 rings (SSSR count). The van der Waals surface area contributed by atoms with Crippen molar-refractivity contribution in [1.82, 2.24) is 9.88 Å². The average Bonchev–Trinajstić information content (AvgIpc) is 2.99. The minimum atomic E-state index is -0.564. The molecular formula is C17H19FN2O3S. The van der Waals surface area contributed by atoms with Crippen molar-refractivity contribution in [2.45, 2.75) is 32.9 Å². The van der Waals surface area contributed by atoms with Crippen LogP contribution in [0.25, 0.3) is 0 Å². The maximum Gasteiger partial charge on any atom is 0.357 e. The normalized spacial score (nSPS) is 11.2. The van der Waals surface area contributed by atoms with E-state index in [0.717, 1.165) is 0 Å². The van der Waals surface area contributed by atoms with Gasteiger partial charge in [0.25, 0.3) is 5.91 Å². The van der Waals surface area contributed by atoms with Gasteiger partial charge in [0.05, 0.1) is 19.2 Å². The highest BCUT2D eigenvalue weighted by atomic mass is 32.1. The summed E-state index contributed by atoms with van der Waals surface area (Å²) in [5, 5.41) is 2.16. The molecule has 0 fully saturated rings. The Morgan fingerprint density at radius 3 is 2.54 bits per heavy atom. The van der Waals surface area contributed by atoms with Gasteiger partial charge in [-0.25, -0.2) is 14.2 Å². The van der Waals surface area contributed by atoms with E-state index in [4.69, 9.17) is 0 Å². The predicted octanol–water partition coefficient (Wildman–Crippen LogP) is 3.51. The molecule has 1 heterocycles. The number of aromatic nitrogens is 1. The Labute approximate surface area is 144 Å². The van der Waals surface area contributed by atoms with Gasteiger partial charge >= 0.3 is 5.97 Å². The highest BCUT2D eigenvalue weighted by molar-refractivity contribution is 7.09. The Balaban J connectivity index is 2.30. The number of amides is 1. The summed E-state index contributed by atoms with van der Waals surface area (Å²) in [5.41, 5.74) is -0.335. The van der Waals surface area contributed by atoms with Crippen molar-refractivity contribution in [1.29, 1.82) is 0 Å². The molecule has 2 aromatic rings. The van der Waals surface area contributed by atoms with Crippen molar-refractivity contribution in [2.75, 3.05) is 7.11 Å². The second-order valence-electron chi connectivity index (χ2n) is 6.16. The molecule has 1 aromatic heterocycles. The molecule has 0 saturated carbocycles. The van der Waals surface area contributed by atoms with E-state index in [1.807, 2.05) is 20.8 Å². The molecule has 0 aliphatic carbocycles. The van der Waals surface area contributed by atoms with Crippen LogP contribution in [0.3, 0.4) is 0 Å². The molecule has 0 bridgehead atoms. The second kappa shape index (κ2) is 7.09. The zero-order chi connectivity index (χ0) is 17.9. The van der Waals surface area contributed by atoms with Crippen LogP contribution in [-0.2, 0) is 11.3 Å². The molecule has 0 aliphatic rings. The highest BCUT2D eigenvalue weighted by Gasteiger charge is 2.30. The molecule has 0 unspecified atom stereocenters. The number of rotatable bonds is 4. The van der Waals surface area contributed by atoms with Gasteiger partial charge in [-0.3, -0.25) is 4.79 Å². The van der Waals surface area contributed by atoms with Gasteiger partial charge in [0.2, 0.25) is 0 Å². The predicted molar refractivity (Wildman–Crippen MR) is 89.5 cm³/mol. The maximum absolute atomic E-state index is 14.0. The number of ether oxygens (including phenoxy) is 1. The van der Waals surface area contributed by atoms with Gasteiger partial charge < -0.3 is 9.64 Å². The number of nitrogens with zero attached hydrogens (tertiary/aromatic N) is 2. The fourth-order valence-corrected chi connectivity index (χ4v) is 2.86. The van der Waals surface area contributed by atoms with Crippen LogP contribution in [0.4, 0.5) is 4.39 Å². The summed E-state index contributed by atoms with van der Waals surface area (Å²) in [5.74, 6) is -1.51. The Bertz CT molecular complexity index is 752. The Hall–Kier alpha value is -2.28. The molecule has 5 nitrogen and oxygen atoms in total. The summed E-state index contributed by atoms with van der Waals surface area (Å²) >= 11 is 1.25. The molecule has 7 heteroatoms. The number of halogens is 1.